The minimum absolute atomic E-state index is 0.0213. The minimum Gasteiger partial charge on any atom is -0.369 e. The fraction of sp³-hybridized carbons (Fsp3) is 0.667. The molecule has 53 heavy (non-hydrogen) atoms. The highest BCUT2D eigenvalue weighted by Gasteiger charge is 2.35. The van der Waals surface area contributed by atoms with Crippen LogP contribution in [0.1, 0.15) is 118 Å². The molecule has 296 valence electrons. The summed E-state index contributed by atoms with van der Waals surface area (Å²) >= 11 is 0. The van der Waals surface area contributed by atoms with Gasteiger partial charge < -0.3 is 21.2 Å². The first kappa shape index (κ1) is 47.2. The molecule has 1 aromatic rings. The lowest BCUT2D eigenvalue weighted by molar-refractivity contribution is -0.141. The Kier molecular flexibility index (Phi) is 21.8. The second-order valence-electron chi connectivity index (χ2n) is 15.7. The van der Waals surface area contributed by atoms with E-state index in [1.165, 1.54) is 18.9 Å². The molecule has 11 nitrogen and oxygen atoms in total. The van der Waals surface area contributed by atoms with E-state index in [0.717, 1.165) is 5.56 Å². The molecule has 0 fully saturated rings. The largest absolute Gasteiger partial charge is 0.369 e. The molecule has 11 heteroatoms. The zero-order valence-electron chi connectivity index (χ0n) is 33.2. The summed E-state index contributed by atoms with van der Waals surface area (Å²) in [5, 5.41) is 0. The normalized spacial score (nSPS) is 14.2. The van der Waals surface area contributed by atoms with E-state index in [4.69, 9.17) is 11.5 Å². The molecular weight excluding hydrogens is 674 g/mol. The number of nitrogens with two attached hydrogens (primary N) is 2. The van der Waals surface area contributed by atoms with Gasteiger partial charge in [0, 0.05) is 81.6 Å². The quantitative estimate of drug-likeness (QED) is 0.103. The lowest BCUT2D eigenvalue weighted by Gasteiger charge is -2.27. The molecule has 0 bridgehead atoms. The molecule has 1 aromatic carbocycles. The number of carbonyl (C=O) groups excluding carboxylic acids is 8. The van der Waals surface area contributed by atoms with Gasteiger partial charge >= 0.3 is 0 Å². The Labute approximate surface area is 316 Å². The van der Waals surface area contributed by atoms with E-state index >= 15 is 0 Å². The van der Waals surface area contributed by atoms with Crippen LogP contribution in [0, 0.1) is 41.4 Å². The molecule has 0 aliphatic rings. The average molecular weight is 740 g/mol. The Morgan fingerprint density at radius 1 is 0.698 bits per heavy atom. The maximum absolute atomic E-state index is 14.1. The van der Waals surface area contributed by atoms with Gasteiger partial charge in [0.1, 0.15) is 28.9 Å². The monoisotopic (exact) mass is 739 g/mol. The van der Waals surface area contributed by atoms with Crippen molar-refractivity contribution in [3.63, 3.8) is 0 Å². The minimum atomic E-state index is -0.796. The average Bonchev–Trinajstić information content (AvgIpc) is 3.08. The summed E-state index contributed by atoms with van der Waals surface area (Å²) in [5.41, 5.74) is 11.8. The van der Waals surface area contributed by atoms with Crippen molar-refractivity contribution in [3.05, 3.63) is 35.9 Å². The molecule has 1 rings (SSSR count). The number of ketones is 6. The van der Waals surface area contributed by atoms with Gasteiger partial charge in [-0.05, 0) is 56.6 Å². The van der Waals surface area contributed by atoms with Crippen molar-refractivity contribution in [1.29, 1.82) is 0 Å². The Balaban J connectivity index is 3.24. The van der Waals surface area contributed by atoms with Gasteiger partial charge in [-0.2, -0.15) is 0 Å². The zero-order chi connectivity index (χ0) is 40.2. The second-order valence-corrected chi connectivity index (χ2v) is 15.7. The van der Waals surface area contributed by atoms with Gasteiger partial charge in [0.05, 0.1) is 6.54 Å². The molecule has 0 saturated carbocycles. The van der Waals surface area contributed by atoms with Crippen LogP contribution in [0.25, 0.3) is 0 Å². The number of rotatable bonds is 29. The van der Waals surface area contributed by atoms with Gasteiger partial charge in [-0.3, -0.25) is 33.6 Å². The van der Waals surface area contributed by atoms with Gasteiger partial charge in [0.2, 0.25) is 11.8 Å². The molecule has 4 N–H and O–H groups in total. The summed E-state index contributed by atoms with van der Waals surface area (Å²) in [4.78, 5) is 105. The Morgan fingerprint density at radius 2 is 1.30 bits per heavy atom. The van der Waals surface area contributed by atoms with E-state index < -0.39 is 41.4 Å². The molecule has 0 spiro atoms. The van der Waals surface area contributed by atoms with E-state index in [2.05, 4.69) is 0 Å². The first-order chi connectivity index (χ1) is 24.9. The summed E-state index contributed by atoms with van der Waals surface area (Å²) in [5.74, 6) is -5.68. The van der Waals surface area contributed by atoms with Crippen molar-refractivity contribution in [2.24, 2.45) is 52.9 Å². The first-order valence-corrected chi connectivity index (χ1v) is 19.2. The molecule has 0 aliphatic carbocycles. The van der Waals surface area contributed by atoms with Crippen LogP contribution in [0.5, 0.6) is 0 Å². The lowest BCUT2D eigenvalue weighted by atomic mass is 9.77. The van der Waals surface area contributed by atoms with Crippen LogP contribution in [0.4, 0.5) is 0 Å². The topological polar surface area (TPSA) is 192 Å². The van der Waals surface area contributed by atoms with E-state index in [1.807, 2.05) is 58.0 Å². The summed E-state index contributed by atoms with van der Waals surface area (Å²) in [6.45, 7) is 10.9. The van der Waals surface area contributed by atoms with Gasteiger partial charge in [-0.1, -0.05) is 71.4 Å². The SMILES string of the molecule is CC(=O)CCC(=O)CC(CCCCN)C(=O)CC(CC(C)C)C(=O)CC(C(=O)CC(Cc1ccccc1)C(=O)N(C)CC(=O)CC(C)C(N)=O)C(C)C. The van der Waals surface area contributed by atoms with E-state index in [-0.39, 0.29) is 104 Å². The van der Waals surface area contributed by atoms with Crippen molar-refractivity contribution >= 4 is 46.5 Å². The van der Waals surface area contributed by atoms with Crippen LogP contribution in [-0.4, -0.2) is 71.6 Å². The second kappa shape index (κ2) is 24.5. The number of unbranched alkanes of at least 4 members (excludes halogenated alkanes) is 1. The third kappa shape index (κ3) is 18.6. The molecule has 0 saturated heterocycles. The molecule has 0 aliphatic heterocycles. The van der Waals surface area contributed by atoms with Crippen molar-refractivity contribution in [2.75, 3.05) is 20.1 Å². The highest BCUT2D eigenvalue weighted by atomic mass is 16.2. The van der Waals surface area contributed by atoms with Crippen molar-refractivity contribution in [1.82, 2.24) is 4.90 Å². The molecule has 5 atom stereocenters. The fourth-order valence-electron chi connectivity index (χ4n) is 6.72. The Hall–Kier alpha value is -3.86. The predicted octanol–water partition coefficient (Wildman–Crippen LogP) is 5.27. The van der Waals surface area contributed by atoms with E-state index in [9.17, 15) is 38.4 Å². The smallest absolute Gasteiger partial charge is 0.226 e. The standard InChI is InChI=1S/C42H65N3O8/c1-27(2)19-33(23-38(49)32(15-11-12-18-43)22-35(47)17-16-30(6)46)39(50)25-37(28(3)4)40(51)24-34(21-31-13-9-8-10-14-31)42(53)45(7)26-36(48)20-29(5)41(44)52/h8-10,13-14,27-29,32-34,37H,11-12,15-26,43H2,1-7H3,(H2,44,52). The summed E-state index contributed by atoms with van der Waals surface area (Å²) < 4.78 is 0. The van der Waals surface area contributed by atoms with Crippen LogP contribution >= 0.6 is 0 Å². The molecule has 2 amide bonds. The lowest BCUT2D eigenvalue weighted by Crippen LogP contribution is -2.40. The third-order valence-electron chi connectivity index (χ3n) is 9.92. The summed E-state index contributed by atoms with van der Waals surface area (Å²) in [6, 6.07) is 9.26. The van der Waals surface area contributed by atoms with Crippen LogP contribution in [-0.2, 0) is 44.8 Å². The van der Waals surface area contributed by atoms with E-state index in [1.54, 1.807) is 6.92 Å². The maximum Gasteiger partial charge on any atom is 0.226 e. The van der Waals surface area contributed by atoms with Crippen LogP contribution in [0.15, 0.2) is 30.3 Å². The number of primary amides is 1. The molecule has 0 radical (unpaired) electrons. The number of likely N-dealkylation sites (N-methyl/N-ethyl adjacent to an activating group) is 1. The van der Waals surface area contributed by atoms with Gasteiger partial charge in [-0.25, -0.2) is 0 Å². The van der Waals surface area contributed by atoms with Crippen molar-refractivity contribution in [2.45, 2.75) is 119 Å². The highest BCUT2D eigenvalue weighted by Crippen LogP contribution is 2.29. The number of benzene rings is 1. The number of nitrogens with zero attached hydrogens (tertiary/aromatic N) is 1. The number of carbonyl (C=O) groups is 8. The van der Waals surface area contributed by atoms with Gasteiger partial charge in [0.25, 0.3) is 0 Å². The van der Waals surface area contributed by atoms with E-state index in [0.29, 0.717) is 32.2 Å². The molecule has 0 heterocycles. The Bertz CT molecular complexity index is 1390. The molecular formula is C42H65N3O8. The van der Waals surface area contributed by atoms with Crippen LogP contribution in [0.2, 0.25) is 0 Å². The number of hydrogen-bond acceptors (Lipinski definition) is 9. The highest BCUT2D eigenvalue weighted by molar-refractivity contribution is 5.96. The van der Waals surface area contributed by atoms with Crippen LogP contribution in [0.3, 0.4) is 0 Å². The summed E-state index contributed by atoms with van der Waals surface area (Å²) in [6.07, 6.45) is 2.41. The Morgan fingerprint density at radius 3 is 1.85 bits per heavy atom. The molecule has 0 aromatic heterocycles. The predicted molar refractivity (Wildman–Crippen MR) is 205 cm³/mol. The molecule has 5 unspecified atom stereocenters. The van der Waals surface area contributed by atoms with Gasteiger partial charge in [0.15, 0.2) is 5.78 Å². The first-order valence-electron chi connectivity index (χ1n) is 19.2. The number of Topliss-reactive ketones (excluding diaryl/α,β-unsaturated/α-hetero) is 6. The van der Waals surface area contributed by atoms with Crippen molar-refractivity contribution < 1.29 is 38.4 Å². The van der Waals surface area contributed by atoms with Gasteiger partial charge in [-0.15, -0.1) is 0 Å². The fourth-order valence-corrected chi connectivity index (χ4v) is 6.72. The zero-order valence-corrected chi connectivity index (χ0v) is 33.2. The number of hydrogen-bond donors (Lipinski definition) is 2. The maximum atomic E-state index is 14.1. The summed E-state index contributed by atoms with van der Waals surface area (Å²) in [7, 11) is 1.49. The number of amides is 2. The van der Waals surface area contributed by atoms with Crippen molar-refractivity contribution in [3.8, 4) is 0 Å². The van der Waals surface area contributed by atoms with Crippen LogP contribution < -0.4 is 11.5 Å². The third-order valence-corrected chi connectivity index (χ3v) is 9.92.